The summed E-state index contributed by atoms with van der Waals surface area (Å²) in [5.74, 6) is -1.04. The van der Waals surface area contributed by atoms with Gasteiger partial charge < -0.3 is 14.6 Å². The van der Waals surface area contributed by atoms with E-state index in [1.54, 1.807) is 62.2 Å². The summed E-state index contributed by atoms with van der Waals surface area (Å²) in [5, 5.41) is 14.6. The molecule has 9 nitrogen and oxygen atoms in total. The maximum absolute atomic E-state index is 12.8. The van der Waals surface area contributed by atoms with Crippen molar-refractivity contribution < 1.29 is 24.2 Å². The summed E-state index contributed by atoms with van der Waals surface area (Å²) >= 11 is 0. The van der Waals surface area contributed by atoms with Crippen molar-refractivity contribution in [3.8, 4) is 5.69 Å². The SMILES string of the molecule is CC(C)(C)OC(=O)[C@H](O)[C@H]1OCCN(c2ccn(-c3ccncc3)n2)C1=O. The van der Waals surface area contributed by atoms with Crippen LogP contribution in [0.1, 0.15) is 20.8 Å². The molecule has 1 saturated heterocycles. The summed E-state index contributed by atoms with van der Waals surface area (Å²) in [6.45, 7) is 5.47. The van der Waals surface area contributed by atoms with E-state index in [-0.39, 0.29) is 13.2 Å². The Morgan fingerprint density at radius 2 is 2.04 bits per heavy atom. The molecule has 0 saturated carbocycles. The first-order chi connectivity index (χ1) is 12.8. The van der Waals surface area contributed by atoms with Crippen LogP contribution in [0.5, 0.6) is 0 Å². The van der Waals surface area contributed by atoms with Crippen molar-refractivity contribution in [2.75, 3.05) is 18.1 Å². The lowest BCUT2D eigenvalue weighted by atomic mass is 10.1. The Bertz CT molecular complexity index is 815. The number of nitrogens with zero attached hydrogens (tertiary/aromatic N) is 4. The van der Waals surface area contributed by atoms with Crippen molar-refractivity contribution in [1.29, 1.82) is 0 Å². The summed E-state index contributed by atoms with van der Waals surface area (Å²) in [5.41, 5.74) is 0.0148. The molecule has 3 heterocycles. The molecule has 0 aromatic carbocycles. The highest BCUT2D eigenvalue weighted by Gasteiger charge is 2.41. The lowest BCUT2D eigenvalue weighted by Gasteiger charge is -2.33. The largest absolute Gasteiger partial charge is 0.458 e. The van der Waals surface area contributed by atoms with Crippen LogP contribution in [-0.4, -0.2) is 62.7 Å². The van der Waals surface area contributed by atoms with Gasteiger partial charge in [0.15, 0.2) is 18.0 Å². The zero-order valence-electron chi connectivity index (χ0n) is 15.4. The molecule has 0 spiro atoms. The number of hydrogen-bond donors (Lipinski definition) is 1. The van der Waals surface area contributed by atoms with Gasteiger partial charge in [-0.15, -0.1) is 5.10 Å². The molecule has 1 N–H and O–H groups in total. The first kappa shape index (κ1) is 19.0. The van der Waals surface area contributed by atoms with Crippen molar-refractivity contribution in [2.45, 2.75) is 38.6 Å². The highest BCUT2D eigenvalue weighted by atomic mass is 16.6. The third-order valence-corrected chi connectivity index (χ3v) is 3.84. The number of esters is 1. The number of aliphatic hydroxyl groups is 1. The fraction of sp³-hybridized carbons (Fsp3) is 0.444. The van der Waals surface area contributed by atoms with Gasteiger partial charge in [-0.3, -0.25) is 14.7 Å². The Kier molecular flexibility index (Phi) is 5.24. The number of ether oxygens (including phenoxy) is 2. The van der Waals surface area contributed by atoms with Crippen LogP contribution < -0.4 is 4.90 Å². The predicted octanol–water partition coefficient (Wildman–Crippen LogP) is 0.702. The number of anilines is 1. The van der Waals surface area contributed by atoms with Gasteiger partial charge in [-0.05, 0) is 32.9 Å². The smallest absolute Gasteiger partial charge is 0.338 e. The Hall–Kier alpha value is -2.78. The van der Waals surface area contributed by atoms with Crippen LogP contribution in [0.3, 0.4) is 0 Å². The Balaban J connectivity index is 1.75. The first-order valence-electron chi connectivity index (χ1n) is 8.56. The van der Waals surface area contributed by atoms with E-state index in [2.05, 4.69) is 10.1 Å². The standard InChI is InChI=1S/C18H22N4O5/c1-18(2,3)27-17(25)14(23)15-16(24)21(10-11-26-15)13-6-9-22(20-13)12-4-7-19-8-5-12/h4-9,14-15,23H,10-11H2,1-3H3/t14-,15-/m1/s1. The lowest BCUT2D eigenvalue weighted by Crippen LogP contribution is -2.55. The van der Waals surface area contributed by atoms with Crippen LogP contribution in [0, 0.1) is 0 Å². The second kappa shape index (κ2) is 7.45. The second-order valence-corrected chi connectivity index (χ2v) is 7.08. The molecule has 9 heteroatoms. The summed E-state index contributed by atoms with van der Waals surface area (Å²) in [6, 6.07) is 5.25. The molecule has 0 aliphatic carbocycles. The van der Waals surface area contributed by atoms with Gasteiger partial charge in [0.2, 0.25) is 0 Å². The van der Waals surface area contributed by atoms with Crippen molar-refractivity contribution in [1.82, 2.24) is 14.8 Å². The minimum Gasteiger partial charge on any atom is -0.458 e. The molecule has 2 atom stereocenters. The van der Waals surface area contributed by atoms with Crippen LogP contribution in [-0.2, 0) is 19.1 Å². The second-order valence-electron chi connectivity index (χ2n) is 7.08. The number of aliphatic hydroxyl groups excluding tert-OH is 1. The number of morpholine rings is 1. The molecule has 1 fully saturated rings. The summed E-state index contributed by atoms with van der Waals surface area (Å²) in [6.07, 6.45) is 1.96. The number of pyridine rings is 1. The van der Waals surface area contributed by atoms with E-state index in [1.165, 1.54) is 4.90 Å². The summed E-state index contributed by atoms with van der Waals surface area (Å²) < 4.78 is 12.1. The molecule has 27 heavy (non-hydrogen) atoms. The van der Waals surface area contributed by atoms with Crippen molar-refractivity contribution in [2.24, 2.45) is 0 Å². The van der Waals surface area contributed by atoms with Crippen LogP contribution in [0.25, 0.3) is 5.69 Å². The molecule has 1 aliphatic heterocycles. The fourth-order valence-electron chi connectivity index (χ4n) is 2.64. The zero-order valence-corrected chi connectivity index (χ0v) is 15.4. The van der Waals surface area contributed by atoms with Crippen molar-refractivity contribution >= 4 is 17.7 Å². The molecule has 2 aromatic rings. The minimum atomic E-state index is -1.71. The molecule has 0 unspecified atom stereocenters. The van der Waals surface area contributed by atoms with Crippen LogP contribution >= 0.6 is 0 Å². The van der Waals surface area contributed by atoms with Gasteiger partial charge in [0.1, 0.15) is 5.60 Å². The maximum Gasteiger partial charge on any atom is 0.338 e. The van der Waals surface area contributed by atoms with Crippen LogP contribution in [0.4, 0.5) is 5.82 Å². The van der Waals surface area contributed by atoms with E-state index in [4.69, 9.17) is 9.47 Å². The van der Waals surface area contributed by atoms with Gasteiger partial charge in [0.05, 0.1) is 18.8 Å². The van der Waals surface area contributed by atoms with Crippen molar-refractivity contribution in [3.63, 3.8) is 0 Å². The number of carbonyl (C=O) groups is 2. The first-order valence-corrected chi connectivity index (χ1v) is 8.56. The van der Waals surface area contributed by atoms with E-state index in [0.29, 0.717) is 5.82 Å². The van der Waals surface area contributed by atoms with Crippen molar-refractivity contribution in [3.05, 3.63) is 36.8 Å². The van der Waals surface area contributed by atoms with E-state index < -0.39 is 29.7 Å². The average molecular weight is 374 g/mol. The number of amides is 1. The van der Waals surface area contributed by atoms with Gasteiger partial charge in [-0.2, -0.15) is 0 Å². The number of rotatable bonds is 4. The topological polar surface area (TPSA) is 107 Å². The van der Waals surface area contributed by atoms with E-state index in [0.717, 1.165) is 5.69 Å². The van der Waals surface area contributed by atoms with Crippen LogP contribution in [0.15, 0.2) is 36.8 Å². The van der Waals surface area contributed by atoms with E-state index in [9.17, 15) is 14.7 Å². The monoisotopic (exact) mass is 374 g/mol. The third-order valence-electron chi connectivity index (χ3n) is 3.84. The highest BCUT2D eigenvalue weighted by molar-refractivity contribution is 5.99. The van der Waals surface area contributed by atoms with E-state index in [1.807, 2.05) is 0 Å². The quantitative estimate of drug-likeness (QED) is 0.785. The molecular formula is C18H22N4O5. The lowest BCUT2D eigenvalue weighted by molar-refractivity contribution is -0.177. The molecule has 144 valence electrons. The summed E-state index contributed by atoms with van der Waals surface area (Å²) in [7, 11) is 0. The summed E-state index contributed by atoms with van der Waals surface area (Å²) in [4.78, 5) is 30.2. The Labute approximate surface area is 156 Å². The molecule has 3 rings (SSSR count). The normalized spacial score (nSPS) is 19.0. The molecule has 1 aliphatic rings. The zero-order chi connectivity index (χ0) is 19.6. The Morgan fingerprint density at radius 1 is 1.33 bits per heavy atom. The maximum atomic E-state index is 12.8. The molecule has 2 aromatic heterocycles. The third kappa shape index (κ3) is 4.32. The van der Waals surface area contributed by atoms with Gasteiger partial charge in [0.25, 0.3) is 5.91 Å². The van der Waals surface area contributed by atoms with Gasteiger partial charge in [-0.1, -0.05) is 0 Å². The fourth-order valence-corrected chi connectivity index (χ4v) is 2.64. The molecule has 0 bridgehead atoms. The minimum absolute atomic E-state index is 0.165. The Morgan fingerprint density at radius 3 is 2.70 bits per heavy atom. The molecular weight excluding hydrogens is 352 g/mol. The molecule has 0 radical (unpaired) electrons. The van der Waals surface area contributed by atoms with Gasteiger partial charge >= 0.3 is 5.97 Å². The highest BCUT2D eigenvalue weighted by Crippen LogP contribution is 2.21. The van der Waals surface area contributed by atoms with Gasteiger partial charge in [0, 0.05) is 24.7 Å². The number of carbonyl (C=O) groups excluding carboxylic acids is 2. The van der Waals surface area contributed by atoms with Crippen LogP contribution in [0.2, 0.25) is 0 Å². The molecule has 1 amide bonds. The van der Waals surface area contributed by atoms with Gasteiger partial charge in [-0.25, -0.2) is 9.48 Å². The average Bonchev–Trinajstić information content (AvgIpc) is 3.10. The number of aromatic nitrogens is 3. The predicted molar refractivity (Wildman–Crippen MR) is 95.3 cm³/mol. The van der Waals surface area contributed by atoms with E-state index >= 15 is 0 Å². The number of hydrogen-bond acceptors (Lipinski definition) is 7.